The largest absolute Gasteiger partial charge is 0.340 e. The van der Waals surface area contributed by atoms with Crippen molar-refractivity contribution in [3.63, 3.8) is 0 Å². The predicted octanol–water partition coefficient (Wildman–Crippen LogP) is 2.08. The van der Waals surface area contributed by atoms with Crippen molar-refractivity contribution < 1.29 is 9.59 Å². The Labute approximate surface area is 121 Å². The first-order valence-electron chi connectivity index (χ1n) is 8.06. The summed E-state index contributed by atoms with van der Waals surface area (Å²) in [5.41, 5.74) is -1.32. The van der Waals surface area contributed by atoms with Crippen LogP contribution in [0.5, 0.6) is 0 Å². The maximum absolute atomic E-state index is 13.0. The van der Waals surface area contributed by atoms with E-state index in [-0.39, 0.29) is 11.8 Å². The van der Waals surface area contributed by atoms with E-state index in [0.717, 1.165) is 19.4 Å². The molecule has 20 heavy (non-hydrogen) atoms. The molecule has 0 aromatic carbocycles. The lowest BCUT2D eigenvalue weighted by Crippen LogP contribution is -2.75. The van der Waals surface area contributed by atoms with E-state index < -0.39 is 11.1 Å². The Kier molecular flexibility index (Phi) is 3.11. The lowest BCUT2D eigenvalue weighted by atomic mass is 9.79. The van der Waals surface area contributed by atoms with E-state index in [1.165, 1.54) is 19.3 Å². The summed E-state index contributed by atoms with van der Waals surface area (Å²) in [6.07, 6.45) is 6.46. The smallest absolute Gasteiger partial charge is 0.249 e. The number of amides is 2. The third-order valence-corrected chi connectivity index (χ3v) is 5.90. The number of hydrogen-bond acceptors (Lipinski definition) is 2. The average molecular weight is 278 g/mol. The average Bonchev–Trinajstić information content (AvgIpc) is 3.19. The number of rotatable bonds is 4. The molecular formula is C16H26N2O2. The lowest BCUT2D eigenvalue weighted by molar-refractivity contribution is -0.164. The fraction of sp³-hybridized carbons (Fsp3) is 0.875. The van der Waals surface area contributed by atoms with Gasteiger partial charge in [0.2, 0.25) is 11.8 Å². The maximum Gasteiger partial charge on any atom is 0.249 e. The summed E-state index contributed by atoms with van der Waals surface area (Å²) < 4.78 is 0. The molecule has 112 valence electrons. The Morgan fingerprint density at radius 2 is 1.85 bits per heavy atom. The molecule has 3 rings (SSSR count). The first-order chi connectivity index (χ1) is 9.41. The van der Waals surface area contributed by atoms with E-state index >= 15 is 0 Å². The summed E-state index contributed by atoms with van der Waals surface area (Å²) in [6.45, 7) is 6.61. The fourth-order valence-corrected chi connectivity index (χ4v) is 3.56. The van der Waals surface area contributed by atoms with Crippen molar-refractivity contribution >= 4 is 11.8 Å². The van der Waals surface area contributed by atoms with Crippen LogP contribution < -0.4 is 5.32 Å². The molecule has 3 aliphatic rings. The minimum absolute atomic E-state index is 0.0355. The maximum atomic E-state index is 13.0. The van der Waals surface area contributed by atoms with Gasteiger partial charge in [0, 0.05) is 6.54 Å². The standard InChI is InChI=1S/C16H26N2O2/c1-4-15(2)13(19)17-16(3,12-8-9-12)14(20)18(15)10-11-6-5-7-11/h11-12H,4-10H2,1-3H3,(H,17,19). The van der Waals surface area contributed by atoms with Gasteiger partial charge in [0.1, 0.15) is 11.1 Å². The zero-order chi connectivity index (χ0) is 14.5. The fourth-order valence-electron chi connectivity index (χ4n) is 3.56. The monoisotopic (exact) mass is 278 g/mol. The highest BCUT2D eigenvalue weighted by atomic mass is 16.2. The second kappa shape index (κ2) is 4.47. The highest BCUT2D eigenvalue weighted by Gasteiger charge is 2.59. The summed E-state index contributed by atoms with van der Waals surface area (Å²) in [7, 11) is 0. The van der Waals surface area contributed by atoms with Gasteiger partial charge in [0.05, 0.1) is 0 Å². The quantitative estimate of drug-likeness (QED) is 0.856. The molecule has 1 N–H and O–H groups in total. The van der Waals surface area contributed by atoms with Crippen LogP contribution >= 0.6 is 0 Å². The number of carbonyl (C=O) groups is 2. The van der Waals surface area contributed by atoms with Crippen molar-refractivity contribution in [3.05, 3.63) is 0 Å². The van der Waals surface area contributed by atoms with Crippen molar-refractivity contribution in [1.82, 2.24) is 10.2 Å². The number of nitrogens with zero attached hydrogens (tertiary/aromatic N) is 1. The molecule has 2 saturated carbocycles. The molecule has 0 radical (unpaired) electrons. The summed E-state index contributed by atoms with van der Waals surface area (Å²) in [5.74, 6) is 1.12. The molecule has 0 spiro atoms. The van der Waals surface area contributed by atoms with Crippen molar-refractivity contribution in [1.29, 1.82) is 0 Å². The van der Waals surface area contributed by atoms with Crippen LogP contribution in [0, 0.1) is 11.8 Å². The van der Waals surface area contributed by atoms with Gasteiger partial charge in [-0.15, -0.1) is 0 Å². The van der Waals surface area contributed by atoms with E-state index in [9.17, 15) is 9.59 Å². The van der Waals surface area contributed by atoms with Crippen LogP contribution in [0.25, 0.3) is 0 Å². The molecule has 3 fully saturated rings. The van der Waals surface area contributed by atoms with E-state index in [1.807, 2.05) is 25.7 Å². The van der Waals surface area contributed by atoms with Gasteiger partial charge in [0.15, 0.2) is 0 Å². The summed E-state index contributed by atoms with van der Waals surface area (Å²) in [6, 6.07) is 0. The van der Waals surface area contributed by atoms with Gasteiger partial charge < -0.3 is 10.2 Å². The summed E-state index contributed by atoms with van der Waals surface area (Å²) in [5, 5.41) is 3.06. The van der Waals surface area contributed by atoms with Crippen LogP contribution in [0.15, 0.2) is 0 Å². The number of piperazine rings is 1. The topological polar surface area (TPSA) is 49.4 Å². The van der Waals surface area contributed by atoms with E-state index in [1.54, 1.807) is 0 Å². The van der Waals surface area contributed by atoms with Crippen LogP contribution in [0.2, 0.25) is 0 Å². The minimum Gasteiger partial charge on any atom is -0.340 e. The van der Waals surface area contributed by atoms with Gasteiger partial charge in [-0.2, -0.15) is 0 Å². The lowest BCUT2D eigenvalue weighted by Gasteiger charge is -2.52. The Balaban J connectivity index is 1.89. The number of hydrogen-bond donors (Lipinski definition) is 1. The molecule has 0 aromatic rings. The van der Waals surface area contributed by atoms with Gasteiger partial charge in [-0.05, 0) is 57.8 Å². The molecule has 0 bridgehead atoms. The summed E-state index contributed by atoms with van der Waals surface area (Å²) >= 11 is 0. The molecule has 0 aromatic heterocycles. The Hall–Kier alpha value is -1.06. The zero-order valence-corrected chi connectivity index (χ0v) is 12.9. The molecule has 2 aliphatic carbocycles. The second-order valence-corrected chi connectivity index (χ2v) is 7.27. The molecule has 4 nitrogen and oxygen atoms in total. The van der Waals surface area contributed by atoms with Crippen molar-refractivity contribution in [2.45, 2.75) is 70.4 Å². The molecule has 2 unspecified atom stereocenters. The highest BCUT2D eigenvalue weighted by Crippen LogP contribution is 2.44. The van der Waals surface area contributed by atoms with Crippen molar-refractivity contribution in [3.8, 4) is 0 Å². The van der Waals surface area contributed by atoms with Gasteiger partial charge in [-0.3, -0.25) is 9.59 Å². The minimum atomic E-state index is -0.666. The van der Waals surface area contributed by atoms with Gasteiger partial charge >= 0.3 is 0 Å². The van der Waals surface area contributed by atoms with Crippen LogP contribution in [0.4, 0.5) is 0 Å². The third kappa shape index (κ3) is 1.87. The molecule has 1 heterocycles. The number of nitrogens with one attached hydrogen (secondary N) is 1. The molecule has 1 aliphatic heterocycles. The predicted molar refractivity (Wildman–Crippen MR) is 77.0 cm³/mol. The zero-order valence-electron chi connectivity index (χ0n) is 12.9. The number of carbonyl (C=O) groups excluding carboxylic acids is 2. The van der Waals surface area contributed by atoms with Gasteiger partial charge in [0.25, 0.3) is 0 Å². The second-order valence-electron chi connectivity index (χ2n) is 7.27. The van der Waals surface area contributed by atoms with E-state index in [4.69, 9.17) is 0 Å². The van der Waals surface area contributed by atoms with E-state index in [2.05, 4.69) is 5.32 Å². The molecule has 1 saturated heterocycles. The van der Waals surface area contributed by atoms with Crippen LogP contribution in [-0.4, -0.2) is 34.3 Å². The first kappa shape index (κ1) is 13.9. The summed E-state index contributed by atoms with van der Waals surface area (Å²) in [4.78, 5) is 27.6. The normalized spacial score (nSPS) is 38.6. The van der Waals surface area contributed by atoms with Gasteiger partial charge in [-0.1, -0.05) is 13.3 Å². The highest BCUT2D eigenvalue weighted by molar-refractivity contribution is 6.02. The Bertz CT molecular complexity index is 442. The molecule has 4 heteroatoms. The van der Waals surface area contributed by atoms with Crippen molar-refractivity contribution in [2.75, 3.05) is 6.54 Å². The van der Waals surface area contributed by atoms with Crippen LogP contribution in [0.3, 0.4) is 0 Å². The molecule has 2 amide bonds. The molecule has 2 atom stereocenters. The van der Waals surface area contributed by atoms with E-state index in [0.29, 0.717) is 18.3 Å². The van der Waals surface area contributed by atoms with Crippen molar-refractivity contribution in [2.24, 2.45) is 11.8 Å². The van der Waals surface area contributed by atoms with Gasteiger partial charge in [-0.25, -0.2) is 0 Å². The SMILES string of the molecule is CCC1(C)C(=O)NC(C)(C2CC2)C(=O)N1CC1CCC1. The first-order valence-corrected chi connectivity index (χ1v) is 8.06. The van der Waals surface area contributed by atoms with Crippen LogP contribution in [0.1, 0.15) is 59.3 Å². The Morgan fingerprint density at radius 3 is 2.30 bits per heavy atom. The van der Waals surface area contributed by atoms with Crippen LogP contribution in [-0.2, 0) is 9.59 Å². The third-order valence-electron chi connectivity index (χ3n) is 5.90. The Morgan fingerprint density at radius 1 is 1.20 bits per heavy atom. The molecular weight excluding hydrogens is 252 g/mol.